The van der Waals surface area contributed by atoms with Gasteiger partial charge < -0.3 is 15.2 Å². The van der Waals surface area contributed by atoms with Gasteiger partial charge in [-0.1, -0.05) is 23.2 Å². The lowest BCUT2D eigenvalue weighted by atomic mass is 10.3. The zero-order valence-corrected chi connectivity index (χ0v) is 13.9. The lowest BCUT2D eigenvalue weighted by Gasteiger charge is -2.17. The maximum Gasteiger partial charge on any atom is 0.244 e. The summed E-state index contributed by atoms with van der Waals surface area (Å²) >= 11 is 11.9. The maximum absolute atomic E-state index is 12.7. The fourth-order valence-electron chi connectivity index (χ4n) is 2.25. The molecule has 0 aliphatic carbocycles. The van der Waals surface area contributed by atoms with Gasteiger partial charge in [0, 0.05) is 27.3 Å². The monoisotopic (exact) mass is 354 g/mol. The molecule has 1 heterocycles. The normalized spacial score (nSPS) is 23.6. The van der Waals surface area contributed by atoms with E-state index in [9.17, 15) is 8.42 Å². The summed E-state index contributed by atoms with van der Waals surface area (Å²) in [6.07, 6.45) is -0.651. The Morgan fingerprint density at radius 2 is 1.71 bits per heavy atom. The second kappa shape index (κ2) is 6.28. The van der Waals surface area contributed by atoms with Crippen LogP contribution < -0.4 is 5.73 Å². The van der Waals surface area contributed by atoms with Gasteiger partial charge in [-0.3, -0.25) is 0 Å². The van der Waals surface area contributed by atoms with Crippen LogP contribution in [-0.4, -0.2) is 52.2 Å². The highest BCUT2D eigenvalue weighted by Crippen LogP contribution is 2.35. The topological polar surface area (TPSA) is 81.9 Å². The molecule has 118 valence electrons. The number of nitrogens with zero attached hydrogens (tertiary/aromatic N) is 1. The molecule has 1 saturated heterocycles. The Morgan fingerprint density at radius 3 is 2.19 bits per heavy atom. The van der Waals surface area contributed by atoms with Crippen molar-refractivity contribution in [3.05, 3.63) is 22.2 Å². The Labute approximate surface area is 133 Å². The predicted octanol–water partition coefficient (Wildman–Crippen LogP) is 1.61. The van der Waals surface area contributed by atoms with Crippen molar-refractivity contribution in [3.8, 4) is 0 Å². The molecule has 0 aromatic heterocycles. The molecule has 0 saturated carbocycles. The molecular formula is C12H16Cl2N2O4S. The third-order valence-corrected chi connectivity index (χ3v) is 6.22. The van der Waals surface area contributed by atoms with E-state index < -0.39 is 10.0 Å². The summed E-state index contributed by atoms with van der Waals surface area (Å²) in [4.78, 5) is -0.0716. The summed E-state index contributed by atoms with van der Waals surface area (Å²) in [6, 6.07) is 2.76. The third kappa shape index (κ3) is 2.99. The van der Waals surface area contributed by atoms with Crippen LogP contribution in [0.1, 0.15) is 0 Å². The minimum absolute atomic E-state index is 0.0465. The van der Waals surface area contributed by atoms with E-state index in [0.29, 0.717) is 0 Å². The second-order valence-corrected chi connectivity index (χ2v) is 7.34. The average Bonchev–Trinajstić information content (AvgIpc) is 2.88. The van der Waals surface area contributed by atoms with Crippen molar-refractivity contribution in [1.29, 1.82) is 0 Å². The zero-order valence-electron chi connectivity index (χ0n) is 11.5. The second-order valence-electron chi connectivity index (χ2n) is 4.64. The third-order valence-electron chi connectivity index (χ3n) is 3.50. The molecule has 2 N–H and O–H groups in total. The molecule has 0 bridgehead atoms. The molecule has 0 radical (unpaired) electrons. The van der Waals surface area contributed by atoms with Crippen molar-refractivity contribution < 1.29 is 17.9 Å². The Bertz CT molecular complexity index is 626. The van der Waals surface area contributed by atoms with Gasteiger partial charge in [-0.15, -0.1) is 0 Å². The van der Waals surface area contributed by atoms with Crippen molar-refractivity contribution in [1.82, 2.24) is 4.31 Å². The summed E-state index contributed by atoms with van der Waals surface area (Å²) in [5, 5.41) is 0.141. The van der Waals surface area contributed by atoms with Gasteiger partial charge in [0.2, 0.25) is 10.0 Å². The lowest BCUT2D eigenvalue weighted by molar-refractivity contribution is -0.00461. The highest BCUT2D eigenvalue weighted by atomic mass is 35.5. The molecule has 2 atom stereocenters. The van der Waals surface area contributed by atoms with Gasteiger partial charge in [-0.2, -0.15) is 4.31 Å². The first kappa shape index (κ1) is 16.8. The molecular weight excluding hydrogens is 339 g/mol. The quantitative estimate of drug-likeness (QED) is 0.830. The summed E-state index contributed by atoms with van der Waals surface area (Å²) < 4.78 is 37.1. The summed E-state index contributed by atoms with van der Waals surface area (Å²) in [6.45, 7) is 0.381. The molecule has 6 nitrogen and oxygen atoms in total. The molecule has 21 heavy (non-hydrogen) atoms. The number of halogens is 2. The van der Waals surface area contributed by atoms with Crippen LogP contribution in [0.5, 0.6) is 0 Å². The van der Waals surface area contributed by atoms with E-state index in [1.807, 2.05) is 0 Å². The van der Waals surface area contributed by atoms with Crippen LogP contribution in [0.25, 0.3) is 0 Å². The SMILES string of the molecule is COC1CN(S(=O)(=O)c2ccc(Cl)c(N)c2Cl)CC1OC. The van der Waals surface area contributed by atoms with Crippen molar-refractivity contribution >= 4 is 38.9 Å². The number of hydrogen-bond donors (Lipinski definition) is 1. The summed E-state index contributed by atoms with van der Waals surface area (Å²) in [5.74, 6) is 0. The van der Waals surface area contributed by atoms with E-state index in [2.05, 4.69) is 0 Å². The first-order chi connectivity index (χ1) is 9.82. The molecule has 9 heteroatoms. The number of benzene rings is 1. The minimum atomic E-state index is -3.79. The number of methoxy groups -OCH3 is 2. The van der Waals surface area contributed by atoms with Crippen LogP contribution in [0.3, 0.4) is 0 Å². The average molecular weight is 355 g/mol. The van der Waals surface area contributed by atoms with Crippen molar-refractivity contribution in [3.63, 3.8) is 0 Å². The molecule has 2 rings (SSSR count). The van der Waals surface area contributed by atoms with E-state index in [1.54, 1.807) is 0 Å². The van der Waals surface area contributed by atoms with Gasteiger partial charge in [0.1, 0.15) is 4.90 Å². The first-order valence-corrected chi connectivity index (χ1v) is 8.31. The molecule has 1 aliphatic heterocycles. The summed E-state index contributed by atoms with van der Waals surface area (Å²) in [7, 11) is -0.764. The van der Waals surface area contributed by atoms with Gasteiger partial charge in [0.15, 0.2) is 0 Å². The Hall–Kier alpha value is -0.570. The molecule has 1 fully saturated rings. The smallest absolute Gasteiger partial charge is 0.244 e. The standard InChI is InChI=1S/C12H16Cl2N2O4S/c1-19-8-5-16(6-9(8)20-2)21(17,18)10-4-3-7(13)12(15)11(10)14/h3-4,8-9H,5-6,15H2,1-2H3. The van der Waals surface area contributed by atoms with E-state index in [-0.39, 0.29) is 45.9 Å². The number of anilines is 1. The van der Waals surface area contributed by atoms with Gasteiger partial charge in [0.25, 0.3) is 0 Å². The Balaban J connectivity index is 2.38. The Morgan fingerprint density at radius 1 is 1.19 bits per heavy atom. The fraction of sp³-hybridized carbons (Fsp3) is 0.500. The molecule has 1 aromatic carbocycles. The number of ether oxygens (including phenoxy) is 2. The number of sulfonamides is 1. The van der Waals surface area contributed by atoms with Crippen LogP contribution in [0.2, 0.25) is 10.0 Å². The van der Waals surface area contributed by atoms with Crippen LogP contribution in [0.4, 0.5) is 5.69 Å². The number of nitrogens with two attached hydrogens (primary N) is 1. The van der Waals surface area contributed by atoms with Crippen LogP contribution >= 0.6 is 23.2 Å². The first-order valence-electron chi connectivity index (χ1n) is 6.12. The van der Waals surface area contributed by atoms with Crippen LogP contribution in [-0.2, 0) is 19.5 Å². The van der Waals surface area contributed by atoms with Gasteiger partial charge in [-0.25, -0.2) is 8.42 Å². The highest BCUT2D eigenvalue weighted by molar-refractivity contribution is 7.89. The highest BCUT2D eigenvalue weighted by Gasteiger charge is 2.40. The van der Waals surface area contributed by atoms with Crippen LogP contribution in [0.15, 0.2) is 17.0 Å². The van der Waals surface area contributed by atoms with E-state index in [0.717, 1.165) is 0 Å². The van der Waals surface area contributed by atoms with Crippen molar-refractivity contribution in [2.75, 3.05) is 33.0 Å². The maximum atomic E-state index is 12.7. The Kier molecular flexibility index (Phi) is 5.02. The number of nitrogen functional groups attached to an aromatic ring is 1. The van der Waals surface area contributed by atoms with Crippen molar-refractivity contribution in [2.24, 2.45) is 0 Å². The molecule has 1 aliphatic rings. The molecule has 0 amide bonds. The van der Waals surface area contributed by atoms with Crippen molar-refractivity contribution in [2.45, 2.75) is 17.1 Å². The van der Waals surface area contributed by atoms with Crippen LogP contribution in [0, 0.1) is 0 Å². The number of hydrogen-bond acceptors (Lipinski definition) is 5. The van der Waals surface area contributed by atoms with E-state index in [4.69, 9.17) is 38.4 Å². The van der Waals surface area contributed by atoms with E-state index >= 15 is 0 Å². The molecule has 0 spiro atoms. The fourth-order valence-corrected chi connectivity index (χ4v) is 4.45. The molecule has 2 unspecified atom stereocenters. The van der Waals surface area contributed by atoms with Gasteiger partial charge in [-0.05, 0) is 12.1 Å². The number of rotatable bonds is 4. The largest absolute Gasteiger partial charge is 0.396 e. The zero-order chi connectivity index (χ0) is 15.8. The van der Waals surface area contributed by atoms with E-state index in [1.165, 1.54) is 30.7 Å². The predicted molar refractivity (Wildman–Crippen MR) is 81.2 cm³/mol. The van der Waals surface area contributed by atoms with Gasteiger partial charge in [0.05, 0.1) is 27.9 Å². The van der Waals surface area contributed by atoms with Gasteiger partial charge >= 0.3 is 0 Å². The lowest BCUT2D eigenvalue weighted by Crippen LogP contribution is -2.30. The molecule has 1 aromatic rings. The summed E-state index contributed by atoms with van der Waals surface area (Å²) in [5.41, 5.74) is 5.74. The minimum Gasteiger partial charge on any atom is -0.396 e.